The molecule has 1 rings (SSSR count). The molecule has 0 aromatic carbocycles. The van der Waals surface area contributed by atoms with Gasteiger partial charge in [-0.25, -0.2) is 4.98 Å². The van der Waals surface area contributed by atoms with E-state index < -0.39 is 6.04 Å². The van der Waals surface area contributed by atoms with Gasteiger partial charge in [0.15, 0.2) is 0 Å². The van der Waals surface area contributed by atoms with Crippen LogP contribution in [0.5, 0.6) is 0 Å². The van der Waals surface area contributed by atoms with Crippen molar-refractivity contribution in [1.82, 2.24) is 4.98 Å². The van der Waals surface area contributed by atoms with Crippen molar-refractivity contribution in [3.8, 4) is 0 Å². The molecule has 1 unspecified atom stereocenters. The Hall–Kier alpha value is -0.940. The first kappa shape index (κ1) is 13.1. The Bertz CT molecular complexity index is 340. The van der Waals surface area contributed by atoms with Gasteiger partial charge in [-0.05, 0) is 34.5 Å². The Balaban J connectivity index is 2.47. The average molecular weight is 286 g/mol. The summed E-state index contributed by atoms with van der Waals surface area (Å²) in [6.07, 6.45) is 4.31. The van der Waals surface area contributed by atoms with Crippen molar-refractivity contribution in [3.05, 3.63) is 22.9 Å². The molecule has 0 bridgehead atoms. The smallest absolute Gasteiger partial charge is 0.241 e. The fourth-order valence-electron chi connectivity index (χ4n) is 1.24. The number of halogens is 1. The molecule has 0 spiro atoms. The van der Waals surface area contributed by atoms with E-state index in [4.69, 9.17) is 5.73 Å². The van der Waals surface area contributed by atoms with E-state index in [1.807, 2.05) is 0 Å². The normalized spacial score (nSPS) is 12.2. The quantitative estimate of drug-likeness (QED) is 0.816. The highest BCUT2D eigenvalue weighted by molar-refractivity contribution is 9.10. The molecule has 0 saturated heterocycles. The minimum Gasteiger partial charge on any atom is -0.323 e. The number of hydrogen-bond donors (Lipinski definition) is 2. The maximum absolute atomic E-state index is 11.6. The molecule has 5 heteroatoms. The third-order valence-electron chi connectivity index (χ3n) is 2.20. The standard InChI is InChI=1S/C11H16BrN3O/c1-2-3-4-9(13)11(16)15-8-5-6-10(12)14-7-8/h5-7,9H,2-4,13H2,1H3,(H,15,16). The Morgan fingerprint density at radius 1 is 1.62 bits per heavy atom. The van der Waals surface area contributed by atoms with Crippen molar-refractivity contribution in [2.24, 2.45) is 5.73 Å². The van der Waals surface area contributed by atoms with Crippen LogP contribution in [0.4, 0.5) is 5.69 Å². The molecule has 0 aliphatic rings. The summed E-state index contributed by atoms with van der Waals surface area (Å²) in [5.41, 5.74) is 6.41. The van der Waals surface area contributed by atoms with Crippen molar-refractivity contribution in [1.29, 1.82) is 0 Å². The van der Waals surface area contributed by atoms with Crippen LogP contribution in [0.25, 0.3) is 0 Å². The van der Waals surface area contributed by atoms with Gasteiger partial charge >= 0.3 is 0 Å². The molecule has 0 aliphatic heterocycles. The van der Waals surface area contributed by atoms with Crippen LogP contribution in [0.1, 0.15) is 26.2 Å². The Kier molecular flexibility index (Phi) is 5.42. The fraction of sp³-hybridized carbons (Fsp3) is 0.455. The molecule has 1 amide bonds. The van der Waals surface area contributed by atoms with Gasteiger partial charge in [-0.2, -0.15) is 0 Å². The summed E-state index contributed by atoms with van der Waals surface area (Å²) in [5, 5.41) is 2.73. The lowest BCUT2D eigenvalue weighted by Crippen LogP contribution is -2.35. The molecular weight excluding hydrogens is 270 g/mol. The van der Waals surface area contributed by atoms with E-state index >= 15 is 0 Å². The van der Waals surface area contributed by atoms with Gasteiger partial charge in [0.2, 0.25) is 5.91 Å². The monoisotopic (exact) mass is 285 g/mol. The van der Waals surface area contributed by atoms with Crippen LogP contribution >= 0.6 is 15.9 Å². The number of rotatable bonds is 5. The Morgan fingerprint density at radius 2 is 2.38 bits per heavy atom. The van der Waals surface area contributed by atoms with Crippen LogP contribution in [-0.2, 0) is 4.79 Å². The number of hydrogen-bond acceptors (Lipinski definition) is 3. The zero-order chi connectivity index (χ0) is 12.0. The molecule has 1 atom stereocenters. The number of pyridine rings is 1. The molecule has 3 N–H and O–H groups in total. The van der Waals surface area contributed by atoms with Crippen molar-refractivity contribution >= 4 is 27.5 Å². The molecule has 4 nitrogen and oxygen atoms in total. The van der Waals surface area contributed by atoms with E-state index in [-0.39, 0.29) is 5.91 Å². The number of carbonyl (C=O) groups is 1. The first-order valence-corrected chi connectivity index (χ1v) is 6.10. The van der Waals surface area contributed by atoms with Crippen LogP contribution in [0.2, 0.25) is 0 Å². The summed E-state index contributed by atoms with van der Waals surface area (Å²) in [7, 11) is 0. The molecule has 1 heterocycles. The number of nitrogens with one attached hydrogen (secondary N) is 1. The first-order valence-electron chi connectivity index (χ1n) is 5.31. The van der Waals surface area contributed by atoms with Gasteiger partial charge < -0.3 is 11.1 Å². The van der Waals surface area contributed by atoms with E-state index in [1.165, 1.54) is 0 Å². The first-order chi connectivity index (χ1) is 7.63. The molecule has 0 fully saturated rings. The second kappa shape index (κ2) is 6.60. The molecular formula is C11H16BrN3O. The van der Waals surface area contributed by atoms with E-state index in [1.54, 1.807) is 18.3 Å². The molecule has 88 valence electrons. The van der Waals surface area contributed by atoms with Crippen LogP contribution in [0.15, 0.2) is 22.9 Å². The second-order valence-corrected chi connectivity index (χ2v) is 4.42. The van der Waals surface area contributed by atoms with Crippen LogP contribution in [0, 0.1) is 0 Å². The second-order valence-electron chi connectivity index (χ2n) is 3.61. The third kappa shape index (κ3) is 4.28. The van der Waals surface area contributed by atoms with Gasteiger partial charge in [0.05, 0.1) is 17.9 Å². The van der Waals surface area contributed by atoms with Gasteiger partial charge in [0, 0.05) is 0 Å². The van der Waals surface area contributed by atoms with Crippen molar-refractivity contribution in [3.63, 3.8) is 0 Å². The topological polar surface area (TPSA) is 68.0 Å². The van der Waals surface area contributed by atoms with Gasteiger partial charge in [-0.15, -0.1) is 0 Å². The number of nitrogens with zero attached hydrogens (tertiary/aromatic N) is 1. The van der Waals surface area contributed by atoms with E-state index in [0.29, 0.717) is 12.1 Å². The van der Waals surface area contributed by atoms with E-state index in [0.717, 1.165) is 17.4 Å². The highest BCUT2D eigenvalue weighted by atomic mass is 79.9. The average Bonchev–Trinajstić information content (AvgIpc) is 2.29. The number of unbranched alkanes of at least 4 members (excludes halogenated alkanes) is 1. The van der Waals surface area contributed by atoms with Gasteiger partial charge in [-0.3, -0.25) is 4.79 Å². The summed E-state index contributed by atoms with van der Waals surface area (Å²) in [5.74, 6) is -0.155. The van der Waals surface area contributed by atoms with Crippen molar-refractivity contribution < 1.29 is 4.79 Å². The lowest BCUT2D eigenvalue weighted by Gasteiger charge is -2.11. The zero-order valence-electron chi connectivity index (χ0n) is 9.24. The predicted molar refractivity (Wildman–Crippen MR) is 68.1 cm³/mol. The summed E-state index contributed by atoms with van der Waals surface area (Å²) >= 11 is 3.23. The minimum absolute atomic E-state index is 0.155. The molecule has 0 aliphatic carbocycles. The van der Waals surface area contributed by atoms with E-state index in [9.17, 15) is 4.79 Å². The number of anilines is 1. The largest absolute Gasteiger partial charge is 0.323 e. The maximum Gasteiger partial charge on any atom is 0.241 e. The zero-order valence-corrected chi connectivity index (χ0v) is 10.8. The van der Waals surface area contributed by atoms with E-state index in [2.05, 4.69) is 33.2 Å². The lowest BCUT2D eigenvalue weighted by atomic mass is 10.1. The van der Waals surface area contributed by atoms with Crippen molar-refractivity contribution in [2.45, 2.75) is 32.2 Å². The summed E-state index contributed by atoms with van der Waals surface area (Å²) < 4.78 is 0.737. The van der Waals surface area contributed by atoms with Gasteiger partial charge in [0.1, 0.15) is 4.60 Å². The Labute approximate surface area is 104 Å². The molecule has 0 radical (unpaired) electrons. The number of aromatic nitrogens is 1. The number of carbonyl (C=O) groups excluding carboxylic acids is 1. The maximum atomic E-state index is 11.6. The van der Waals surface area contributed by atoms with Gasteiger partial charge in [0.25, 0.3) is 0 Å². The van der Waals surface area contributed by atoms with Crippen LogP contribution in [-0.4, -0.2) is 16.9 Å². The number of nitrogens with two attached hydrogens (primary N) is 1. The fourth-order valence-corrected chi connectivity index (χ4v) is 1.47. The van der Waals surface area contributed by atoms with Crippen molar-refractivity contribution in [2.75, 3.05) is 5.32 Å². The SMILES string of the molecule is CCCCC(N)C(=O)Nc1ccc(Br)nc1. The lowest BCUT2D eigenvalue weighted by molar-refractivity contribution is -0.117. The molecule has 1 aromatic heterocycles. The summed E-state index contributed by atoms with van der Waals surface area (Å²) in [6, 6.07) is 3.11. The summed E-state index contributed by atoms with van der Waals surface area (Å²) in [6.45, 7) is 2.07. The van der Waals surface area contributed by atoms with Crippen LogP contribution in [0.3, 0.4) is 0 Å². The molecule has 1 aromatic rings. The highest BCUT2D eigenvalue weighted by Gasteiger charge is 2.12. The third-order valence-corrected chi connectivity index (χ3v) is 2.67. The predicted octanol–water partition coefficient (Wildman–Crippen LogP) is 2.30. The number of amides is 1. The Morgan fingerprint density at radius 3 is 2.94 bits per heavy atom. The van der Waals surface area contributed by atoms with Gasteiger partial charge in [-0.1, -0.05) is 19.8 Å². The molecule has 0 saturated carbocycles. The summed E-state index contributed by atoms with van der Waals surface area (Å²) in [4.78, 5) is 15.6. The molecule has 16 heavy (non-hydrogen) atoms. The minimum atomic E-state index is -0.441. The highest BCUT2D eigenvalue weighted by Crippen LogP contribution is 2.11. The van der Waals surface area contributed by atoms with Crippen LogP contribution < -0.4 is 11.1 Å².